The van der Waals surface area contributed by atoms with E-state index in [0.29, 0.717) is 11.6 Å². The maximum atomic E-state index is 13.5. The number of thioether (sulfide) groups is 1. The van der Waals surface area contributed by atoms with E-state index < -0.39 is 17.7 Å². The first kappa shape index (κ1) is 13.4. The normalized spacial score (nSPS) is 12.7. The van der Waals surface area contributed by atoms with E-state index in [2.05, 4.69) is 9.36 Å². The van der Waals surface area contributed by atoms with Crippen LogP contribution in [0, 0.1) is 18.6 Å². The minimum Gasteiger partial charge on any atom is -0.323 e. The Morgan fingerprint density at radius 3 is 2.89 bits per heavy atom. The van der Waals surface area contributed by atoms with Gasteiger partial charge in [-0.15, -0.1) is 0 Å². The first-order valence-corrected chi connectivity index (χ1v) is 6.96. The van der Waals surface area contributed by atoms with Gasteiger partial charge in [0.05, 0.1) is 0 Å². The summed E-state index contributed by atoms with van der Waals surface area (Å²) in [6, 6.07) is 2.72. The van der Waals surface area contributed by atoms with Crippen molar-refractivity contribution in [1.29, 1.82) is 0 Å². The highest BCUT2D eigenvalue weighted by atomic mass is 32.2. The van der Waals surface area contributed by atoms with Crippen LogP contribution in [-0.2, 0) is 0 Å². The average Bonchev–Trinajstić information content (AvgIpc) is 2.75. The quantitative estimate of drug-likeness (QED) is 0.878. The Balaban J connectivity index is 2.03. The number of hydrogen-bond acceptors (Lipinski definition) is 5. The number of nitrogens with two attached hydrogens (primary N) is 1. The first-order chi connectivity index (χ1) is 8.56. The summed E-state index contributed by atoms with van der Waals surface area (Å²) in [5, 5.41) is 0. The summed E-state index contributed by atoms with van der Waals surface area (Å²) in [6.07, 6.45) is 0. The topological polar surface area (TPSA) is 51.8 Å². The summed E-state index contributed by atoms with van der Waals surface area (Å²) in [4.78, 5) is 4.16. The molecule has 0 fully saturated rings. The van der Waals surface area contributed by atoms with Crippen molar-refractivity contribution >= 4 is 23.3 Å². The van der Waals surface area contributed by atoms with Gasteiger partial charge < -0.3 is 5.73 Å². The van der Waals surface area contributed by atoms with Crippen molar-refractivity contribution in [2.75, 3.05) is 5.75 Å². The summed E-state index contributed by atoms with van der Waals surface area (Å²) in [6.45, 7) is 1.80. The molecule has 7 heteroatoms. The number of aromatic nitrogens is 2. The molecule has 96 valence electrons. The van der Waals surface area contributed by atoms with Crippen LogP contribution in [0.1, 0.15) is 17.4 Å². The zero-order chi connectivity index (χ0) is 13.1. The molecule has 0 aliphatic rings. The van der Waals surface area contributed by atoms with E-state index in [4.69, 9.17) is 5.73 Å². The third-order valence-electron chi connectivity index (χ3n) is 2.25. The molecule has 0 aliphatic heterocycles. The molecule has 1 unspecified atom stereocenters. The molecule has 1 aromatic heterocycles. The predicted molar refractivity (Wildman–Crippen MR) is 68.7 cm³/mol. The molecule has 0 bridgehead atoms. The predicted octanol–water partition coefficient (Wildman–Crippen LogP) is 2.92. The van der Waals surface area contributed by atoms with Crippen molar-refractivity contribution in [3.63, 3.8) is 0 Å². The fraction of sp³-hybridized carbons (Fsp3) is 0.273. The van der Waals surface area contributed by atoms with Crippen LogP contribution < -0.4 is 5.73 Å². The molecule has 0 spiro atoms. The number of hydrogen-bond donors (Lipinski definition) is 1. The molecule has 0 amide bonds. The number of aryl methyl sites for hydroxylation is 1. The second-order valence-corrected chi connectivity index (χ2v) is 5.71. The van der Waals surface area contributed by atoms with E-state index in [0.717, 1.165) is 22.5 Å². The van der Waals surface area contributed by atoms with Crippen LogP contribution in [-0.4, -0.2) is 15.1 Å². The van der Waals surface area contributed by atoms with Crippen molar-refractivity contribution in [3.05, 3.63) is 41.2 Å². The molecule has 1 heterocycles. The van der Waals surface area contributed by atoms with Crippen LogP contribution in [0.25, 0.3) is 0 Å². The fourth-order valence-electron chi connectivity index (χ4n) is 1.39. The molecule has 0 radical (unpaired) electrons. The summed E-state index contributed by atoms with van der Waals surface area (Å²) in [5.41, 5.74) is 6.03. The monoisotopic (exact) mass is 287 g/mol. The Bertz CT molecular complexity index is 545. The molecule has 2 rings (SSSR count). The summed E-state index contributed by atoms with van der Waals surface area (Å²) >= 11 is 2.66. The minimum absolute atomic E-state index is 0.184. The van der Waals surface area contributed by atoms with Gasteiger partial charge in [0.1, 0.15) is 17.5 Å². The number of halogens is 2. The maximum absolute atomic E-state index is 13.5. The van der Waals surface area contributed by atoms with Crippen LogP contribution in [0.2, 0.25) is 0 Å². The lowest BCUT2D eigenvalue weighted by molar-refractivity contribution is 0.573. The molecule has 0 saturated heterocycles. The van der Waals surface area contributed by atoms with Gasteiger partial charge in [-0.2, -0.15) is 4.37 Å². The van der Waals surface area contributed by atoms with Gasteiger partial charge >= 0.3 is 0 Å². The van der Waals surface area contributed by atoms with Crippen LogP contribution >= 0.6 is 23.3 Å². The van der Waals surface area contributed by atoms with Gasteiger partial charge in [0.15, 0.2) is 4.34 Å². The lowest BCUT2D eigenvalue weighted by Gasteiger charge is -2.11. The van der Waals surface area contributed by atoms with Crippen LogP contribution in [0.15, 0.2) is 22.5 Å². The molecular weight excluding hydrogens is 276 g/mol. The van der Waals surface area contributed by atoms with Gasteiger partial charge in [-0.05, 0) is 36.7 Å². The van der Waals surface area contributed by atoms with Gasteiger partial charge in [-0.25, -0.2) is 13.8 Å². The van der Waals surface area contributed by atoms with Crippen molar-refractivity contribution in [3.8, 4) is 0 Å². The molecule has 1 aromatic carbocycles. The smallest absolute Gasteiger partial charge is 0.170 e. The van der Waals surface area contributed by atoms with E-state index >= 15 is 0 Å². The highest BCUT2D eigenvalue weighted by Gasteiger charge is 2.14. The number of rotatable bonds is 4. The zero-order valence-corrected chi connectivity index (χ0v) is 11.2. The van der Waals surface area contributed by atoms with Crippen molar-refractivity contribution in [2.24, 2.45) is 5.73 Å². The van der Waals surface area contributed by atoms with Crippen molar-refractivity contribution in [2.45, 2.75) is 17.3 Å². The largest absolute Gasteiger partial charge is 0.323 e. The van der Waals surface area contributed by atoms with Crippen molar-refractivity contribution in [1.82, 2.24) is 9.36 Å². The molecule has 0 saturated carbocycles. The van der Waals surface area contributed by atoms with Crippen LogP contribution in [0.5, 0.6) is 0 Å². The Morgan fingerprint density at radius 1 is 1.44 bits per heavy atom. The lowest BCUT2D eigenvalue weighted by atomic mass is 10.1. The van der Waals surface area contributed by atoms with Gasteiger partial charge in [0, 0.05) is 17.4 Å². The Kier molecular flexibility index (Phi) is 4.26. The summed E-state index contributed by atoms with van der Waals surface area (Å²) in [7, 11) is 0. The Labute approximate surface area is 112 Å². The van der Waals surface area contributed by atoms with Gasteiger partial charge in [-0.1, -0.05) is 11.8 Å². The van der Waals surface area contributed by atoms with Gasteiger partial charge in [0.25, 0.3) is 0 Å². The molecule has 2 N–H and O–H groups in total. The van der Waals surface area contributed by atoms with E-state index in [9.17, 15) is 8.78 Å². The molecule has 18 heavy (non-hydrogen) atoms. The van der Waals surface area contributed by atoms with Crippen molar-refractivity contribution < 1.29 is 8.78 Å². The number of nitrogens with zero attached hydrogens (tertiary/aromatic N) is 2. The summed E-state index contributed by atoms with van der Waals surface area (Å²) < 4.78 is 31.3. The molecule has 1 atom stereocenters. The zero-order valence-electron chi connectivity index (χ0n) is 9.56. The average molecular weight is 287 g/mol. The van der Waals surface area contributed by atoms with E-state index in [1.54, 1.807) is 6.92 Å². The van der Waals surface area contributed by atoms with E-state index in [1.807, 2.05) is 0 Å². The second kappa shape index (κ2) is 5.73. The SMILES string of the molecule is Cc1nsc(SCC(N)c2cc(F)ccc2F)n1. The molecule has 0 aliphatic carbocycles. The highest BCUT2D eigenvalue weighted by Crippen LogP contribution is 2.26. The Morgan fingerprint density at radius 2 is 2.22 bits per heavy atom. The lowest BCUT2D eigenvalue weighted by Crippen LogP contribution is -2.15. The number of benzene rings is 1. The third kappa shape index (κ3) is 3.24. The fourth-order valence-corrected chi connectivity index (χ4v) is 3.04. The second-order valence-electron chi connectivity index (χ2n) is 3.69. The van der Waals surface area contributed by atoms with Gasteiger partial charge in [0.2, 0.25) is 0 Å². The van der Waals surface area contributed by atoms with Gasteiger partial charge in [-0.3, -0.25) is 0 Å². The Hall–Kier alpha value is -1.05. The van der Waals surface area contributed by atoms with Crippen LogP contribution in [0.3, 0.4) is 0 Å². The molecular formula is C11H11F2N3S2. The molecule has 3 nitrogen and oxygen atoms in total. The summed E-state index contributed by atoms with van der Waals surface area (Å²) in [5.74, 6) is 0.152. The standard InChI is InChI=1S/C11H11F2N3S2/c1-6-15-11(18-16-6)17-5-10(14)8-4-7(12)2-3-9(8)13/h2-4,10H,5,14H2,1H3. The first-order valence-electron chi connectivity index (χ1n) is 5.20. The highest BCUT2D eigenvalue weighted by molar-refractivity contribution is 8.00. The third-order valence-corrected chi connectivity index (χ3v) is 4.30. The van der Waals surface area contributed by atoms with Crippen LogP contribution in [0.4, 0.5) is 8.78 Å². The van der Waals surface area contributed by atoms with E-state index in [-0.39, 0.29) is 5.56 Å². The maximum Gasteiger partial charge on any atom is 0.170 e. The van der Waals surface area contributed by atoms with E-state index in [1.165, 1.54) is 23.3 Å². The molecule has 2 aromatic rings. The minimum atomic E-state index is -0.574.